The van der Waals surface area contributed by atoms with E-state index in [2.05, 4.69) is 22.1 Å². The summed E-state index contributed by atoms with van der Waals surface area (Å²) in [5, 5.41) is 12.1. The second-order valence-electron chi connectivity index (χ2n) is 6.11. The first-order valence-electron chi connectivity index (χ1n) is 8.79. The van der Waals surface area contributed by atoms with Crippen molar-refractivity contribution in [2.75, 3.05) is 18.2 Å². The highest BCUT2D eigenvalue weighted by molar-refractivity contribution is 7.99. The van der Waals surface area contributed by atoms with E-state index in [1.54, 1.807) is 25.3 Å². The quantitative estimate of drug-likeness (QED) is 0.458. The standard InChI is InChI=1S/C21H22N4O2S/c1-4-13-25-20(16-11-9-15(2)10-12-16)23-24-21(25)28-14-19(26)22-17-7-5-6-8-18(17)27-3/h4-12H,1,13-14H2,2-3H3,(H,22,26). The molecule has 0 aliphatic carbocycles. The zero-order valence-electron chi connectivity index (χ0n) is 15.9. The number of amides is 1. The number of hydrogen-bond acceptors (Lipinski definition) is 5. The summed E-state index contributed by atoms with van der Waals surface area (Å²) in [6, 6.07) is 15.4. The Morgan fingerprint density at radius 3 is 2.68 bits per heavy atom. The van der Waals surface area contributed by atoms with Gasteiger partial charge in [0.1, 0.15) is 5.75 Å². The molecule has 0 spiro atoms. The Morgan fingerprint density at radius 1 is 1.21 bits per heavy atom. The third kappa shape index (κ3) is 4.61. The molecule has 7 heteroatoms. The summed E-state index contributed by atoms with van der Waals surface area (Å²) in [7, 11) is 1.57. The molecule has 1 amide bonds. The van der Waals surface area contributed by atoms with Gasteiger partial charge in [0.15, 0.2) is 11.0 Å². The number of methoxy groups -OCH3 is 1. The van der Waals surface area contributed by atoms with Crippen molar-refractivity contribution < 1.29 is 9.53 Å². The van der Waals surface area contributed by atoms with Gasteiger partial charge in [-0.3, -0.25) is 9.36 Å². The molecule has 3 rings (SSSR count). The smallest absolute Gasteiger partial charge is 0.234 e. The van der Waals surface area contributed by atoms with Gasteiger partial charge >= 0.3 is 0 Å². The van der Waals surface area contributed by atoms with E-state index in [1.807, 2.05) is 47.9 Å². The first-order chi connectivity index (χ1) is 13.6. The molecule has 1 aromatic heterocycles. The monoisotopic (exact) mass is 394 g/mol. The van der Waals surface area contributed by atoms with Crippen molar-refractivity contribution in [3.05, 3.63) is 66.7 Å². The molecule has 2 aromatic carbocycles. The molecule has 0 radical (unpaired) electrons. The SMILES string of the molecule is C=CCn1c(SCC(=O)Nc2ccccc2OC)nnc1-c1ccc(C)cc1. The number of thioether (sulfide) groups is 1. The van der Waals surface area contributed by atoms with Crippen molar-refractivity contribution in [1.29, 1.82) is 0 Å². The normalized spacial score (nSPS) is 10.5. The van der Waals surface area contributed by atoms with Crippen molar-refractivity contribution in [2.24, 2.45) is 0 Å². The second-order valence-corrected chi connectivity index (χ2v) is 7.05. The van der Waals surface area contributed by atoms with Gasteiger partial charge in [-0.15, -0.1) is 16.8 Å². The van der Waals surface area contributed by atoms with Crippen molar-refractivity contribution in [1.82, 2.24) is 14.8 Å². The van der Waals surface area contributed by atoms with Gasteiger partial charge in [-0.2, -0.15) is 0 Å². The van der Waals surface area contributed by atoms with Gasteiger partial charge in [0.05, 0.1) is 18.6 Å². The van der Waals surface area contributed by atoms with Crippen LogP contribution in [0.25, 0.3) is 11.4 Å². The fraction of sp³-hybridized carbons (Fsp3) is 0.190. The van der Waals surface area contributed by atoms with E-state index in [4.69, 9.17) is 4.74 Å². The van der Waals surface area contributed by atoms with E-state index in [9.17, 15) is 4.79 Å². The first-order valence-corrected chi connectivity index (χ1v) is 9.77. The minimum absolute atomic E-state index is 0.139. The van der Waals surface area contributed by atoms with Gasteiger partial charge in [-0.25, -0.2) is 0 Å². The van der Waals surface area contributed by atoms with E-state index >= 15 is 0 Å². The van der Waals surface area contributed by atoms with Crippen molar-refractivity contribution >= 4 is 23.4 Å². The minimum Gasteiger partial charge on any atom is -0.495 e. The Kier molecular flexibility index (Phi) is 6.49. The lowest BCUT2D eigenvalue weighted by Gasteiger charge is -2.10. The molecule has 0 bridgehead atoms. The second kappa shape index (κ2) is 9.23. The highest BCUT2D eigenvalue weighted by Gasteiger charge is 2.15. The molecule has 1 N–H and O–H groups in total. The van der Waals surface area contributed by atoms with Gasteiger partial charge in [0.25, 0.3) is 0 Å². The summed E-state index contributed by atoms with van der Waals surface area (Å²) >= 11 is 1.34. The van der Waals surface area contributed by atoms with Crippen LogP contribution in [0, 0.1) is 6.92 Å². The number of carbonyl (C=O) groups excluding carboxylic acids is 1. The number of rotatable bonds is 8. The number of para-hydroxylation sites is 2. The lowest BCUT2D eigenvalue weighted by Crippen LogP contribution is -2.15. The molecular weight excluding hydrogens is 372 g/mol. The maximum absolute atomic E-state index is 12.4. The highest BCUT2D eigenvalue weighted by Crippen LogP contribution is 2.26. The molecule has 0 saturated carbocycles. The molecule has 0 aliphatic heterocycles. The van der Waals surface area contributed by atoms with E-state index in [0.29, 0.717) is 23.1 Å². The lowest BCUT2D eigenvalue weighted by molar-refractivity contribution is -0.113. The Balaban J connectivity index is 1.72. The topological polar surface area (TPSA) is 69.0 Å². The molecule has 144 valence electrons. The number of hydrogen-bond donors (Lipinski definition) is 1. The summed E-state index contributed by atoms with van der Waals surface area (Å²) in [5.41, 5.74) is 2.80. The van der Waals surface area contributed by atoms with Crippen LogP contribution in [0.3, 0.4) is 0 Å². The number of ether oxygens (including phenoxy) is 1. The fourth-order valence-electron chi connectivity index (χ4n) is 2.67. The van der Waals surface area contributed by atoms with Crippen LogP contribution < -0.4 is 10.1 Å². The lowest BCUT2D eigenvalue weighted by atomic mass is 10.1. The van der Waals surface area contributed by atoms with Gasteiger partial charge in [0, 0.05) is 12.1 Å². The van der Waals surface area contributed by atoms with Crippen LogP contribution >= 0.6 is 11.8 Å². The van der Waals surface area contributed by atoms with E-state index in [-0.39, 0.29) is 11.7 Å². The summed E-state index contributed by atoms with van der Waals surface area (Å²) in [6.45, 7) is 6.42. The number of anilines is 1. The van der Waals surface area contributed by atoms with Gasteiger partial charge < -0.3 is 10.1 Å². The predicted molar refractivity (Wildman–Crippen MR) is 113 cm³/mol. The van der Waals surface area contributed by atoms with Crippen LogP contribution in [-0.2, 0) is 11.3 Å². The maximum Gasteiger partial charge on any atom is 0.234 e. The van der Waals surface area contributed by atoms with Crippen LogP contribution in [0.15, 0.2) is 66.3 Å². The number of carbonyl (C=O) groups is 1. The summed E-state index contributed by atoms with van der Waals surface area (Å²) < 4.78 is 7.22. The third-order valence-corrected chi connectivity index (χ3v) is 5.02. The Hall–Kier alpha value is -3.06. The van der Waals surface area contributed by atoms with Gasteiger partial charge in [-0.1, -0.05) is 59.8 Å². The van der Waals surface area contributed by atoms with E-state index in [0.717, 1.165) is 11.4 Å². The van der Waals surface area contributed by atoms with Crippen molar-refractivity contribution in [2.45, 2.75) is 18.6 Å². The zero-order valence-corrected chi connectivity index (χ0v) is 16.7. The summed E-state index contributed by atoms with van der Waals surface area (Å²) in [5.74, 6) is 1.45. The Morgan fingerprint density at radius 2 is 1.96 bits per heavy atom. The number of nitrogens with zero attached hydrogens (tertiary/aromatic N) is 3. The number of aryl methyl sites for hydroxylation is 1. The van der Waals surface area contributed by atoms with Crippen molar-refractivity contribution in [3.8, 4) is 17.1 Å². The number of nitrogens with one attached hydrogen (secondary N) is 1. The van der Waals surface area contributed by atoms with Crippen LogP contribution in [0.1, 0.15) is 5.56 Å². The molecule has 0 fully saturated rings. The highest BCUT2D eigenvalue weighted by atomic mass is 32.2. The molecule has 0 saturated heterocycles. The van der Waals surface area contributed by atoms with Crippen LogP contribution in [0.2, 0.25) is 0 Å². The average Bonchev–Trinajstić information content (AvgIpc) is 3.10. The number of allylic oxidation sites excluding steroid dienone is 1. The molecule has 0 unspecified atom stereocenters. The molecule has 28 heavy (non-hydrogen) atoms. The summed E-state index contributed by atoms with van der Waals surface area (Å²) in [4.78, 5) is 12.4. The first kappa shape index (κ1) is 19.7. The Labute approximate surface area is 168 Å². The largest absolute Gasteiger partial charge is 0.495 e. The molecule has 1 heterocycles. The van der Waals surface area contributed by atoms with Crippen LogP contribution in [0.4, 0.5) is 5.69 Å². The van der Waals surface area contributed by atoms with E-state index in [1.165, 1.54) is 17.3 Å². The predicted octanol–water partition coefficient (Wildman–Crippen LogP) is 4.18. The fourth-order valence-corrected chi connectivity index (χ4v) is 3.42. The molecule has 6 nitrogen and oxygen atoms in total. The van der Waals surface area contributed by atoms with E-state index < -0.39 is 0 Å². The zero-order chi connectivity index (χ0) is 19.9. The minimum atomic E-state index is -0.139. The van der Waals surface area contributed by atoms with Crippen LogP contribution in [0.5, 0.6) is 5.75 Å². The Bertz CT molecular complexity index is 967. The van der Waals surface area contributed by atoms with Gasteiger partial charge in [0.2, 0.25) is 5.91 Å². The van der Waals surface area contributed by atoms with Gasteiger partial charge in [-0.05, 0) is 19.1 Å². The summed E-state index contributed by atoms with van der Waals surface area (Å²) in [6.07, 6.45) is 1.79. The number of aromatic nitrogens is 3. The maximum atomic E-state index is 12.4. The third-order valence-electron chi connectivity index (χ3n) is 4.05. The van der Waals surface area contributed by atoms with Crippen molar-refractivity contribution in [3.63, 3.8) is 0 Å². The number of benzene rings is 2. The molecule has 0 aliphatic rings. The average molecular weight is 395 g/mol. The molecule has 0 atom stereocenters. The molecule has 3 aromatic rings. The van der Waals surface area contributed by atoms with Crippen LogP contribution in [-0.4, -0.2) is 33.5 Å². The molecular formula is C21H22N4O2S.